The quantitative estimate of drug-likeness (QED) is 0.880. The third-order valence-electron chi connectivity index (χ3n) is 5.22. The van der Waals surface area contributed by atoms with Crippen molar-refractivity contribution in [3.63, 3.8) is 0 Å². The van der Waals surface area contributed by atoms with E-state index in [-0.39, 0.29) is 18.7 Å². The fourth-order valence-electron chi connectivity index (χ4n) is 3.54. The average Bonchev–Trinajstić information content (AvgIpc) is 3.16. The molecule has 2 aliphatic rings. The highest BCUT2D eigenvalue weighted by molar-refractivity contribution is 5.94. The van der Waals surface area contributed by atoms with E-state index >= 15 is 0 Å². The second kappa shape index (κ2) is 7.98. The highest BCUT2D eigenvalue weighted by atomic mass is 16.7. The van der Waals surface area contributed by atoms with E-state index in [2.05, 4.69) is 39.4 Å². The highest BCUT2D eigenvalue weighted by Gasteiger charge is 2.26. The maximum Gasteiger partial charge on any atom is 0.241 e. The first-order valence-electron chi connectivity index (χ1n) is 9.40. The van der Waals surface area contributed by atoms with Gasteiger partial charge in [-0.1, -0.05) is 30.3 Å². The van der Waals surface area contributed by atoms with E-state index < -0.39 is 0 Å². The Morgan fingerprint density at radius 3 is 2.56 bits per heavy atom. The number of ether oxygens (including phenoxy) is 2. The number of nitrogens with zero attached hydrogens (tertiary/aromatic N) is 2. The number of fused-ring (bicyclic) bond motifs is 1. The minimum absolute atomic E-state index is 0.00498. The van der Waals surface area contributed by atoms with Crippen LogP contribution in [0.25, 0.3) is 0 Å². The van der Waals surface area contributed by atoms with Gasteiger partial charge in [0.25, 0.3) is 0 Å². The molecule has 6 nitrogen and oxygen atoms in total. The van der Waals surface area contributed by atoms with Gasteiger partial charge in [-0.15, -0.1) is 0 Å². The smallest absolute Gasteiger partial charge is 0.241 e. The molecule has 2 heterocycles. The summed E-state index contributed by atoms with van der Waals surface area (Å²) in [5, 5.41) is 2.99. The number of piperazine rings is 1. The van der Waals surface area contributed by atoms with Crippen LogP contribution in [0.4, 0.5) is 5.69 Å². The first kappa shape index (κ1) is 17.8. The number of hydrogen-bond donors (Lipinski definition) is 1. The summed E-state index contributed by atoms with van der Waals surface area (Å²) < 4.78 is 10.7. The molecule has 1 fully saturated rings. The molecule has 0 spiro atoms. The van der Waals surface area contributed by atoms with Gasteiger partial charge < -0.3 is 14.8 Å². The zero-order valence-corrected chi connectivity index (χ0v) is 15.6. The number of carbonyl (C=O) groups excluding carboxylic acids is 1. The monoisotopic (exact) mass is 367 g/mol. The summed E-state index contributed by atoms with van der Waals surface area (Å²) in [5.41, 5.74) is 2.07. The molecule has 2 aliphatic heterocycles. The van der Waals surface area contributed by atoms with Crippen LogP contribution in [-0.2, 0) is 11.3 Å². The molecule has 4 rings (SSSR count). The van der Waals surface area contributed by atoms with Gasteiger partial charge in [0, 0.05) is 44.5 Å². The zero-order valence-electron chi connectivity index (χ0n) is 15.6. The molecule has 0 radical (unpaired) electrons. The fourth-order valence-corrected chi connectivity index (χ4v) is 3.54. The molecule has 1 saturated heterocycles. The van der Waals surface area contributed by atoms with Crippen LogP contribution in [0, 0.1) is 0 Å². The first-order chi connectivity index (χ1) is 13.2. The Morgan fingerprint density at radius 1 is 1.04 bits per heavy atom. The molecule has 6 heteroatoms. The van der Waals surface area contributed by atoms with Crippen molar-refractivity contribution in [1.82, 2.24) is 9.80 Å². The molecule has 0 aliphatic carbocycles. The molecular weight excluding hydrogens is 342 g/mol. The van der Waals surface area contributed by atoms with Crippen LogP contribution in [0.2, 0.25) is 0 Å². The van der Waals surface area contributed by atoms with Gasteiger partial charge in [0.05, 0.1) is 6.04 Å². The van der Waals surface area contributed by atoms with Crippen molar-refractivity contribution in [2.24, 2.45) is 0 Å². The number of rotatable bonds is 5. The van der Waals surface area contributed by atoms with Crippen molar-refractivity contribution < 1.29 is 14.3 Å². The van der Waals surface area contributed by atoms with Gasteiger partial charge in [0.15, 0.2) is 11.5 Å². The molecule has 0 unspecified atom stereocenters. The molecule has 2 aromatic carbocycles. The van der Waals surface area contributed by atoms with Crippen LogP contribution in [0.15, 0.2) is 48.5 Å². The molecule has 0 aromatic heterocycles. The van der Waals surface area contributed by atoms with Gasteiger partial charge in [-0.3, -0.25) is 14.6 Å². The third-order valence-corrected chi connectivity index (χ3v) is 5.22. The van der Waals surface area contributed by atoms with Crippen molar-refractivity contribution in [1.29, 1.82) is 0 Å². The lowest BCUT2D eigenvalue weighted by atomic mass is 10.1. The molecule has 2 aromatic rings. The number of benzene rings is 2. The van der Waals surface area contributed by atoms with Crippen molar-refractivity contribution in [3.8, 4) is 11.5 Å². The predicted molar refractivity (Wildman–Crippen MR) is 104 cm³/mol. The van der Waals surface area contributed by atoms with Crippen LogP contribution >= 0.6 is 0 Å². The lowest BCUT2D eigenvalue weighted by Crippen LogP contribution is -2.52. The summed E-state index contributed by atoms with van der Waals surface area (Å²) in [6.45, 7) is 6.89. The average molecular weight is 367 g/mol. The number of carbonyl (C=O) groups is 1. The van der Waals surface area contributed by atoms with E-state index in [1.165, 1.54) is 5.56 Å². The van der Waals surface area contributed by atoms with Crippen molar-refractivity contribution in [2.45, 2.75) is 19.5 Å². The van der Waals surface area contributed by atoms with Crippen LogP contribution < -0.4 is 14.8 Å². The summed E-state index contributed by atoms with van der Waals surface area (Å²) in [5.74, 6) is 1.40. The lowest BCUT2D eigenvalue weighted by molar-refractivity contribution is -0.121. The molecule has 0 bridgehead atoms. The molecule has 1 amide bonds. The third kappa shape index (κ3) is 4.23. The number of nitrogens with one attached hydrogen (secondary N) is 1. The van der Waals surface area contributed by atoms with E-state index in [1.54, 1.807) is 0 Å². The molecule has 0 saturated carbocycles. The predicted octanol–water partition coefficient (Wildman–Crippen LogP) is 2.56. The largest absolute Gasteiger partial charge is 0.454 e. The Morgan fingerprint density at radius 2 is 1.78 bits per heavy atom. The minimum atomic E-state index is -0.172. The lowest BCUT2D eigenvalue weighted by Gasteiger charge is -2.37. The van der Waals surface area contributed by atoms with Crippen LogP contribution in [0.1, 0.15) is 12.5 Å². The second-order valence-corrected chi connectivity index (χ2v) is 7.03. The van der Waals surface area contributed by atoms with E-state index in [0.29, 0.717) is 5.75 Å². The normalized spacial score (nSPS) is 18.3. The topological polar surface area (TPSA) is 54.0 Å². The van der Waals surface area contributed by atoms with E-state index in [1.807, 2.05) is 31.2 Å². The summed E-state index contributed by atoms with van der Waals surface area (Å²) in [4.78, 5) is 17.3. The van der Waals surface area contributed by atoms with E-state index in [0.717, 1.165) is 44.2 Å². The Kier molecular flexibility index (Phi) is 5.27. The Labute approximate surface area is 159 Å². The molecule has 1 atom stereocenters. The molecule has 1 N–H and O–H groups in total. The number of amides is 1. The van der Waals surface area contributed by atoms with Crippen LogP contribution in [0.5, 0.6) is 11.5 Å². The van der Waals surface area contributed by atoms with Crippen molar-refractivity contribution >= 4 is 11.6 Å². The molecule has 142 valence electrons. The number of anilines is 1. The summed E-state index contributed by atoms with van der Waals surface area (Å²) in [6.07, 6.45) is 0. The molecular formula is C21H25N3O3. The van der Waals surface area contributed by atoms with Gasteiger partial charge in [0.1, 0.15) is 0 Å². The fraction of sp³-hybridized carbons (Fsp3) is 0.381. The van der Waals surface area contributed by atoms with Crippen LogP contribution in [-0.4, -0.2) is 54.7 Å². The zero-order chi connectivity index (χ0) is 18.6. The van der Waals surface area contributed by atoms with Gasteiger partial charge in [-0.05, 0) is 24.6 Å². The maximum absolute atomic E-state index is 12.6. The second-order valence-electron chi connectivity index (χ2n) is 7.03. The number of hydrogen-bond acceptors (Lipinski definition) is 5. The maximum atomic E-state index is 12.6. The summed E-state index contributed by atoms with van der Waals surface area (Å²) in [6, 6.07) is 15.8. The summed E-state index contributed by atoms with van der Waals surface area (Å²) >= 11 is 0. The van der Waals surface area contributed by atoms with Gasteiger partial charge in [0.2, 0.25) is 12.7 Å². The van der Waals surface area contributed by atoms with Crippen LogP contribution in [0.3, 0.4) is 0 Å². The standard InChI is InChI=1S/C21H25N3O3/c1-16(21(25)22-18-7-8-19-20(13-18)27-15-26-19)24-11-9-23(10-12-24)14-17-5-3-2-4-6-17/h2-8,13,16H,9-12,14-15H2,1H3,(H,22,25)/t16-/m1/s1. The van der Waals surface area contributed by atoms with Crippen molar-refractivity contribution in [2.75, 3.05) is 38.3 Å². The SMILES string of the molecule is C[C@H](C(=O)Nc1ccc2c(c1)OCO2)N1CCN(Cc2ccccc2)CC1. The van der Waals surface area contributed by atoms with E-state index in [9.17, 15) is 4.79 Å². The first-order valence-corrected chi connectivity index (χ1v) is 9.40. The van der Waals surface area contributed by atoms with Gasteiger partial charge in [-0.2, -0.15) is 0 Å². The van der Waals surface area contributed by atoms with E-state index in [4.69, 9.17) is 9.47 Å². The Hall–Kier alpha value is -2.57. The van der Waals surface area contributed by atoms with Crippen molar-refractivity contribution in [3.05, 3.63) is 54.1 Å². The summed E-state index contributed by atoms with van der Waals surface area (Å²) in [7, 11) is 0. The Balaban J connectivity index is 1.28. The van der Waals surface area contributed by atoms with Gasteiger partial charge >= 0.3 is 0 Å². The van der Waals surface area contributed by atoms with Gasteiger partial charge in [-0.25, -0.2) is 0 Å². The minimum Gasteiger partial charge on any atom is -0.454 e. The highest BCUT2D eigenvalue weighted by Crippen LogP contribution is 2.34. The molecule has 27 heavy (non-hydrogen) atoms. The Bertz CT molecular complexity index is 789.